The molecule has 0 saturated carbocycles. The van der Waals surface area contributed by atoms with E-state index in [0.29, 0.717) is 16.5 Å². The molecule has 0 aliphatic carbocycles. The van der Waals surface area contributed by atoms with E-state index in [1.807, 2.05) is 0 Å². The maximum absolute atomic E-state index is 13.0. The van der Waals surface area contributed by atoms with Crippen molar-refractivity contribution >= 4 is 27.5 Å². The smallest absolute Gasteiger partial charge is 0.289 e. The van der Waals surface area contributed by atoms with Crippen molar-refractivity contribution in [1.29, 1.82) is 0 Å². The van der Waals surface area contributed by atoms with E-state index in [1.54, 1.807) is 29.2 Å². The largest absolute Gasteiger partial charge is 0.486 e. The number of rotatable bonds is 6. The molecule has 0 spiro atoms. The number of halogens is 2. The Kier molecular flexibility index (Phi) is 6.50. The Morgan fingerprint density at radius 3 is 2.44 bits per heavy atom. The Morgan fingerprint density at radius 2 is 1.75 bits per heavy atom. The Balaban J connectivity index is 1.34. The molecule has 0 bridgehead atoms. The predicted octanol–water partition coefficient (Wildman–Crippen LogP) is 3.80. The molecule has 2 heterocycles. The van der Waals surface area contributed by atoms with E-state index < -0.39 is 10.0 Å². The van der Waals surface area contributed by atoms with E-state index in [2.05, 4.69) is 0 Å². The molecule has 0 unspecified atom stereocenters. The first-order chi connectivity index (χ1) is 15.3. The fourth-order valence-corrected chi connectivity index (χ4v) is 5.04. The second-order valence-corrected chi connectivity index (χ2v) is 9.54. The predicted molar refractivity (Wildman–Crippen MR) is 116 cm³/mol. The summed E-state index contributed by atoms with van der Waals surface area (Å²) in [6.45, 7) is 0.899. The summed E-state index contributed by atoms with van der Waals surface area (Å²) in [7, 11) is -3.68. The quantitative estimate of drug-likeness (QED) is 0.538. The van der Waals surface area contributed by atoms with E-state index in [1.165, 1.54) is 40.7 Å². The Bertz CT molecular complexity index is 1210. The molecule has 1 fully saturated rings. The van der Waals surface area contributed by atoms with E-state index >= 15 is 0 Å². The highest BCUT2D eigenvalue weighted by Crippen LogP contribution is 2.22. The SMILES string of the molecule is O=C(c1ccc(COc2ccc(F)cc2)o1)N1CCN(S(=O)(=O)c2cccc(Cl)c2)CC1. The van der Waals surface area contributed by atoms with Crippen molar-refractivity contribution in [3.8, 4) is 5.75 Å². The van der Waals surface area contributed by atoms with Gasteiger partial charge in [0.25, 0.3) is 5.91 Å². The molecule has 0 atom stereocenters. The second-order valence-electron chi connectivity index (χ2n) is 7.16. The molecule has 1 aromatic heterocycles. The molecule has 3 aromatic rings. The number of piperazine rings is 1. The lowest BCUT2D eigenvalue weighted by Gasteiger charge is -2.33. The lowest BCUT2D eigenvalue weighted by Crippen LogP contribution is -2.50. The van der Waals surface area contributed by atoms with E-state index in [0.717, 1.165) is 0 Å². The fraction of sp³-hybridized carbons (Fsp3) is 0.227. The topological polar surface area (TPSA) is 80.1 Å². The van der Waals surface area contributed by atoms with Gasteiger partial charge in [-0.1, -0.05) is 17.7 Å². The number of benzene rings is 2. The van der Waals surface area contributed by atoms with Gasteiger partial charge >= 0.3 is 0 Å². The zero-order valence-electron chi connectivity index (χ0n) is 16.9. The molecule has 0 radical (unpaired) electrons. The summed E-state index contributed by atoms with van der Waals surface area (Å²) in [6, 6.07) is 14.9. The maximum atomic E-state index is 13.0. The van der Waals surface area contributed by atoms with Crippen molar-refractivity contribution in [1.82, 2.24) is 9.21 Å². The van der Waals surface area contributed by atoms with Gasteiger partial charge in [-0.2, -0.15) is 4.31 Å². The van der Waals surface area contributed by atoms with Gasteiger partial charge in [0.1, 0.15) is 23.9 Å². The third-order valence-electron chi connectivity index (χ3n) is 5.03. The van der Waals surface area contributed by atoms with Gasteiger partial charge in [-0.25, -0.2) is 12.8 Å². The minimum Gasteiger partial charge on any atom is -0.486 e. The molecule has 4 rings (SSSR count). The van der Waals surface area contributed by atoms with Crippen molar-refractivity contribution in [2.45, 2.75) is 11.5 Å². The average Bonchev–Trinajstić information content (AvgIpc) is 3.27. The Hall–Kier alpha value is -2.88. The number of sulfonamides is 1. The summed E-state index contributed by atoms with van der Waals surface area (Å²) in [5, 5.41) is 0.344. The van der Waals surface area contributed by atoms with Gasteiger partial charge in [-0.3, -0.25) is 4.79 Å². The summed E-state index contributed by atoms with van der Waals surface area (Å²) in [5.41, 5.74) is 0. The number of carbonyl (C=O) groups is 1. The lowest BCUT2D eigenvalue weighted by atomic mass is 10.3. The zero-order valence-corrected chi connectivity index (χ0v) is 18.5. The van der Waals surface area contributed by atoms with Crippen LogP contribution < -0.4 is 4.74 Å². The molecule has 168 valence electrons. The number of carbonyl (C=O) groups excluding carboxylic acids is 1. The van der Waals surface area contributed by atoms with Crippen LogP contribution in [-0.4, -0.2) is 49.7 Å². The van der Waals surface area contributed by atoms with Crippen LogP contribution in [0.4, 0.5) is 4.39 Å². The number of hydrogen-bond acceptors (Lipinski definition) is 5. The van der Waals surface area contributed by atoms with Gasteiger partial charge in [-0.05, 0) is 54.6 Å². The van der Waals surface area contributed by atoms with E-state index in [9.17, 15) is 17.6 Å². The third kappa shape index (κ3) is 4.95. The number of amides is 1. The molecule has 1 aliphatic rings. The molecule has 10 heteroatoms. The van der Waals surface area contributed by atoms with Crippen LogP contribution in [0.3, 0.4) is 0 Å². The Labute approximate surface area is 190 Å². The fourth-order valence-electron chi connectivity index (χ4n) is 3.32. The number of ether oxygens (including phenoxy) is 1. The highest BCUT2D eigenvalue weighted by atomic mass is 35.5. The first kappa shape index (κ1) is 22.3. The van der Waals surface area contributed by atoms with Crippen LogP contribution in [0.2, 0.25) is 5.02 Å². The Morgan fingerprint density at radius 1 is 1.03 bits per heavy atom. The number of hydrogen-bond donors (Lipinski definition) is 0. The van der Waals surface area contributed by atoms with Crippen LogP contribution in [-0.2, 0) is 16.6 Å². The van der Waals surface area contributed by atoms with Crippen LogP contribution in [0.1, 0.15) is 16.3 Å². The van der Waals surface area contributed by atoms with E-state index in [-0.39, 0.29) is 55.2 Å². The molecule has 1 aliphatic heterocycles. The monoisotopic (exact) mass is 478 g/mol. The standard InChI is InChI=1S/C22H20ClFN2O5S/c23-16-2-1-3-20(14-16)32(28,29)26-12-10-25(11-13-26)22(27)21-9-8-19(31-21)15-30-18-6-4-17(24)5-7-18/h1-9,14H,10-13,15H2. The highest BCUT2D eigenvalue weighted by molar-refractivity contribution is 7.89. The summed E-state index contributed by atoms with van der Waals surface area (Å²) in [4.78, 5) is 14.4. The van der Waals surface area contributed by atoms with Crippen LogP contribution in [0.5, 0.6) is 5.75 Å². The average molecular weight is 479 g/mol. The molecule has 1 amide bonds. The van der Waals surface area contributed by atoms with Crippen molar-refractivity contribution < 1.29 is 26.8 Å². The number of nitrogens with zero attached hydrogens (tertiary/aromatic N) is 2. The molecule has 7 nitrogen and oxygen atoms in total. The first-order valence-corrected chi connectivity index (χ1v) is 11.7. The van der Waals surface area contributed by atoms with Gasteiger partial charge in [-0.15, -0.1) is 0 Å². The van der Waals surface area contributed by atoms with Crippen molar-refractivity contribution in [2.75, 3.05) is 26.2 Å². The van der Waals surface area contributed by atoms with Crippen LogP contribution >= 0.6 is 11.6 Å². The normalized spacial score (nSPS) is 15.0. The maximum Gasteiger partial charge on any atom is 0.289 e. The van der Waals surface area contributed by atoms with Gasteiger partial charge in [0.2, 0.25) is 10.0 Å². The van der Waals surface area contributed by atoms with E-state index in [4.69, 9.17) is 20.8 Å². The van der Waals surface area contributed by atoms with Crippen molar-refractivity contribution in [3.63, 3.8) is 0 Å². The molecular formula is C22H20ClFN2O5S. The first-order valence-electron chi connectivity index (χ1n) is 9.85. The summed E-state index contributed by atoms with van der Waals surface area (Å²) >= 11 is 5.92. The van der Waals surface area contributed by atoms with Crippen LogP contribution in [0.25, 0.3) is 0 Å². The van der Waals surface area contributed by atoms with Crippen molar-refractivity contribution in [2.24, 2.45) is 0 Å². The molecule has 0 N–H and O–H groups in total. The highest BCUT2D eigenvalue weighted by Gasteiger charge is 2.31. The van der Waals surface area contributed by atoms with Gasteiger partial charge in [0, 0.05) is 31.2 Å². The molecular weight excluding hydrogens is 459 g/mol. The van der Waals surface area contributed by atoms with Gasteiger partial charge in [0.15, 0.2) is 5.76 Å². The minimum atomic E-state index is -3.68. The molecule has 1 saturated heterocycles. The number of furan rings is 1. The summed E-state index contributed by atoms with van der Waals surface area (Å²) in [6.07, 6.45) is 0. The summed E-state index contributed by atoms with van der Waals surface area (Å²) < 4.78 is 51.0. The zero-order chi connectivity index (χ0) is 22.7. The minimum absolute atomic E-state index is 0.0879. The van der Waals surface area contributed by atoms with Gasteiger partial charge < -0.3 is 14.1 Å². The van der Waals surface area contributed by atoms with Crippen LogP contribution in [0.15, 0.2) is 70.0 Å². The molecule has 32 heavy (non-hydrogen) atoms. The van der Waals surface area contributed by atoms with Crippen molar-refractivity contribution in [3.05, 3.63) is 83.0 Å². The summed E-state index contributed by atoms with van der Waals surface area (Å²) in [5.74, 6) is 0.392. The second kappa shape index (κ2) is 9.32. The van der Waals surface area contributed by atoms with Gasteiger partial charge in [0.05, 0.1) is 4.90 Å². The third-order valence-corrected chi connectivity index (χ3v) is 7.16. The molecule has 2 aromatic carbocycles. The van der Waals surface area contributed by atoms with Crippen LogP contribution in [0, 0.1) is 5.82 Å². The lowest BCUT2D eigenvalue weighted by molar-refractivity contribution is 0.0662.